The number of hydrogen-bond acceptors (Lipinski definition) is 4. The van der Waals surface area contributed by atoms with Gasteiger partial charge in [0.2, 0.25) is 0 Å². The summed E-state index contributed by atoms with van der Waals surface area (Å²) in [5, 5.41) is 0. The van der Waals surface area contributed by atoms with Crippen LogP contribution in [0, 0.1) is 5.92 Å². The molecule has 2 aliphatic heterocycles. The SMILES string of the molecule is NCC1CN([C@@H]2CCCN(C(=O)OCc3ccccc3)C2)C1. The Balaban J connectivity index is 1.46. The Morgan fingerprint density at radius 2 is 2.00 bits per heavy atom. The van der Waals surface area contributed by atoms with E-state index in [1.807, 2.05) is 35.2 Å². The van der Waals surface area contributed by atoms with Crippen LogP contribution in [-0.2, 0) is 11.3 Å². The van der Waals surface area contributed by atoms with Crippen LogP contribution in [0.3, 0.4) is 0 Å². The van der Waals surface area contributed by atoms with Crippen molar-refractivity contribution >= 4 is 6.09 Å². The molecule has 2 aliphatic rings. The number of carbonyl (C=O) groups is 1. The van der Waals surface area contributed by atoms with Crippen molar-refractivity contribution in [2.75, 3.05) is 32.7 Å². The van der Waals surface area contributed by atoms with Crippen LogP contribution in [-0.4, -0.2) is 54.7 Å². The summed E-state index contributed by atoms with van der Waals surface area (Å²) in [7, 11) is 0. The molecule has 2 heterocycles. The summed E-state index contributed by atoms with van der Waals surface area (Å²) in [6.07, 6.45) is 2.03. The first-order chi connectivity index (χ1) is 10.8. The molecule has 0 aliphatic carbocycles. The zero-order valence-electron chi connectivity index (χ0n) is 13.0. The summed E-state index contributed by atoms with van der Waals surface area (Å²) < 4.78 is 5.44. The molecule has 1 atom stereocenters. The fraction of sp³-hybridized carbons (Fsp3) is 0.588. The van der Waals surface area contributed by atoms with E-state index in [9.17, 15) is 4.79 Å². The van der Waals surface area contributed by atoms with Crippen LogP contribution >= 0.6 is 0 Å². The molecule has 0 unspecified atom stereocenters. The smallest absolute Gasteiger partial charge is 0.410 e. The maximum absolute atomic E-state index is 12.2. The van der Waals surface area contributed by atoms with Gasteiger partial charge in [-0.2, -0.15) is 0 Å². The number of nitrogens with zero attached hydrogens (tertiary/aromatic N) is 2. The maximum Gasteiger partial charge on any atom is 0.410 e. The number of amides is 1. The van der Waals surface area contributed by atoms with Gasteiger partial charge in [-0.3, -0.25) is 4.90 Å². The highest BCUT2D eigenvalue weighted by Gasteiger charge is 2.35. The molecule has 5 heteroatoms. The Morgan fingerprint density at radius 3 is 2.73 bits per heavy atom. The number of likely N-dealkylation sites (tertiary alicyclic amines) is 2. The van der Waals surface area contributed by atoms with Crippen LogP contribution < -0.4 is 5.73 Å². The molecule has 0 radical (unpaired) electrons. The number of carbonyl (C=O) groups excluding carboxylic acids is 1. The van der Waals surface area contributed by atoms with E-state index in [1.54, 1.807) is 0 Å². The van der Waals surface area contributed by atoms with Crippen LogP contribution in [0.1, 0.15) is 18.4 Å². The van der Waals surface area contributed by atoms with E-state index < -0.39 is 0 Å². The molecule has 3 rings (SSSR count). The minimum atomic E-state index is -0.190. The van der Waals surface area contributed by atoms with Gasteiger partial charge < -0.3 is 15.4 Å². The standard InChI is InChI=1S/C17H25N3O2/c18-9-15-10-20(11-15)16-7-4-8-19(12-16)17(21)22-13-14-5-2-1-3-6-14/h1-3,5-6,15-16H,4,7-13,18H2/t16-/m1/s1. The van der Waals surface area contributed by atoms with E-state index in [1.165, 1.54) is 6.42 Å². The second-order valence-corrected chi connectivity index (χ2v) is 6.34. The summed E-state index contributed by atoms with van der Waals surface area (Å²) in [5.41, 5.74) is 6.71. The second-order valence-electron chi connectivity index (χ2n) is 6.34. The largest absolute Gasteiger partial charge is 0.445 e. The third kappa shape index (κ3) is 3.59. The van der Waals surface area contributed by atoms with Gasteiger partial charge in [0.1, 0.15) is 6.61 Å². The number of nitrogens with two attached hydrogens (primary N) is 1. The monoisotopic (exact) mass is 303 g/mol. The molecule has 0 aromatic heterocycles. The lowest BCUT2D eigenvalue weighted by Gasteiger charge is -2.47. The number of ether oxygens (including phenoxy) is 1. The fourth-order valence-corrected chi connectivity index (χ4v) is 3.29. The molecular weight excluding hydrogens is 278 g/mol. The highest BCUT2D eigenvalue weighted by molar-refractivity contribution is 5.67. The molecule has 2 fully saturated rings. The zero-order valence-corrected chi connectivity index (χ0v) is 13.0. The Bertz CT molecular complexity index is 488. The van der Waals surface area contributed by atoms with Crippen molar-refractivity contribution in [3.63, 3.8) is 0 Å². The Labute approximate surface area is 132 Å². The van der Waals surface area contributed by atoms with E-state index in [4.69, 9.17) is 10.5 Å². The summed E-state index contributed by atoms with van der Waals surface area (Å²) in [4.78, 5) is 16.5. The summed E-state index contributed by atoms with van der Waals surface area (Å²) >= 11 is 0. The first kappa shape index (κ1) is 15.3. The lowest BCUT2D eigenvalue weighted by molar-refractivity contribution is 0.0121. The molecule has 0 spiro atoms. The number of benzene rings is 1. The molecule has 1 aromatic rings. The minimum absolute atomic E-state index is 0.190. The van der Waals surface area contributed by atoms with Gasteiger partial charge in [0, 0.05) is 32.2 Å². The first-order valence-electron chi connectivity index (χ1n) is 8.16. The topological polar surface area (TPSA) is 58.8 Å². The Kier molecular flexibility index (Phi) is 4.95. The summed E-state index contributed by atoms with van der Waals surface area (Å²) in [6, 6.07) is 10.3. The zero-order chi connectivity index (χ0) is 15.4. The van der Waals surface area contributed by atoms with Crippen molar-refractivity contribution in [1.82, 2.24) is 9.80 Å². The van der Waals surface area contributed by atoms with Crippen LogP contribution in [0.2, 0.25) is 0 Å². The van der Waals surface area contributed by atoms with E-state index in [-0.39, 0.29) is 6.09 Å². The van der Waals surface area contributed by atoms with Crippen LogP contribution in [0.15, 0.2) is 30.3 Å². The van der Waals surface area contributed by atoms with Gasteiger partial charge in [-0.05, 0) is 30.9 Å². The van der Waals surface area contributed by atoms with Gasteiger partial charge in [0.25, 0.3) is 0 Å². The molecule has 1 aromatic carbocycles. The van der Waals surface area contributed by atoms with E-state index in [0.29, 0.717) is 18.6 Å². The number of hydrogen-bond donors (Lipinski definition) is 1. The molecular formula is C17H25N3O2. The molecule has 1 amide bonds. The fourth-order valence-electron chi connectivity index (χ4n) is 3.29. The van der Waals surface area contributed by atoms with Crippen molar-refractivity contribution in [1.29, 1.82) is 0 Å². The Morgan fingerprint density at radius 1 is 1.23 bits per heavy atom. The molecule has 0 bridgehead atoms. The van der Waals surface area contributed by atoms with Gasteiger partial charge >= 0.3 is 6.09 Å². The van der Waals surface area contributed by atoms with Gasteiger partial charge in [-0.1, -0.05) is 30.3 Å². The third-order valence-corrected chi connectivity index (χ3v) is 4.69. The quantitative estimate of drug-likeness (QED) is 0.919. The van der Waals surface area contributed by atoms with Crippen molar-refractivity contribution in [2.45, 2.75) is 25.5 Å². The van der Waals surface area contributed by atoms with Crippen LogP contribution in [0.25, 0.3) is 0 Å². The predicted molar refractivity (Wildman–Crippen MR) is 85.3 cm³/mol. The van der Waals surface area contributed by atoms with Crippen molar-refractivity contribution in [3.8, 4) is 0 Å². The molecule has 22 heavy (non-hydrogen) atoms. The van der Waals surface area contributed by atoms with E-state index in [2.05, 4.69) is 4.90 Å². The summed E-state index contributed by atoms with van der Waals surface area (Å²) in [5.74, 6) is 0.639. The van der Waals surface area contributed by atoms with Gasteiger partial charge in [0.05, 0.1) is 0 Å². The van der Waals surface area contributed by atoms with Gasteiger partial charge in [-0.15, -0.1) is 0 Å². The number of rotatable bonds is 4. The highest BCUT2D eigenvalue weighted by atomic mass is 16.6. The normalized spacial score (nSPS) is 23.1. The van der Waals surface area contributed by atoms with Crippen LogP contribution in [0.4, 0.5) is 4.79 Å². The maximum atomic E-state index is 12.2. The van der Waals surface area contributed by atoms with Crippen molar-refractivity contribution in [3.05, 3.63) is 35.9 Å². The molecule has 2 N–H and O–H groups in total. The molecule has 120 valence electrons. The number of piperidine rings is 1. The highest BCUT2D eigenvalue weighted by Crippen LogP contribution is 2.24. The Hall–Kier alpha value is -1.59. The van der Waals surface area contributed by atoms with Gasteiger partial charge in [0.15, 0.2) is 0 Å². The lowest BCUT2D eigenvalue weighted by atomic mass is 9.94. The predicted octanol–water partition coefficient (Wildman–Crippen LogP) is 1.68. The first-order valence-corrected chi connectivity index (χ1v) is 8.16. The summed E-state index contributed by atoms with van der Waals surface area (Å²) in [6.45, 7) is 4.86. The molecule has 0 saturated carbocycles. The second kappa shape index (κ2) is 7.11. The third-order valence-electron chi connectivity index (χ3n) is 4.69. The minimum Gasteiger partial charge on any atom is -0.445 e. The van der Waals surface area contributed by atoms with Crippen LogP contribution in [0.5, 0.6) is 0 Å². The lowest BCUT2D eigenvalue weighted by Crippen LogP contribution is -2.59. The molecule has 2 saturated heterocycles. The van der Waals surface area contributed by atoms with Crippen molar-refractivity contribution in [2.24, 2.45) is 11.7 Å². The van der Waals surface area contributed by atoms with E-state index in [0.717, 1.165) is 44.7 Å². The average molecular weight is 303 g/mol. The van der Waals surface area contributed by atoms with Gasteiger partial charge in [-0.25, -0.2) is 4.79 Å². The molecule has 5 nitrogen and oxygen atoms in total. The average Bonchev–Trinajstić information content (AvgIpc) is 2.53. The van der Waals surface area contributed by atoms with Crippen molar-refractivity contribution < 1.29 is 9.53 Å². The van der Waals surface area contributed by atoms with E-state index >= 15 is 0 Å².